The summed E-state index contributed by atoms with van der Waals surface area (Å²) in [4.78, 5) is 10.2. The van der Waals surface area contributed by atoms with Crippen molar-refractivity contribution in [2.24, 2.45) is 0 Å². The highest BCUT2D eigenvalue weighted by Crippen LogP contribution is 2.11. The first-order valence-electron chi connectivity index (χ1n) is 4.38. The van der Waals surface area contributed by atoms with E-state index in [0.717, 1.165) is 10.1 Å². The molecule has 0 N–H and O–H groups in total. The van der Waals surface area contributed by atoms with Gasteiger partial charge in [-0.1, -0.05) is 29.5 Å². The standard InChI is InChI=1S/C8H8O2.C4HBrS/c1-10-8-4-2-3-7(5-8)6-9;5-4-2-1-3-6-4/h2-6H,1H3;2H. The van der Waals surface area contributed by atoms with Crippen LogP contribution in [0.5, 0.6) is 5.75 Å². The Morgan fingerprint density at radius 2 is 2.31 bits per heavy atom. The van der Waals surface area contributed by atoms with Crippen molar-refractivity contribution >= 4 is 33.6 Å². The van der Waals surface area contributed by atoms with Crippen LogP contribution in [0.2, 0.25) is 0 Å². The summed E-state index contributed by atoms with van der Waals surface area (Å²) < 4.78 is 5.98. The third kappa shape index (κ3) is 4.47. The van der Waals surface area contributed by atoms with Crippen molar-refractivity contribution in [1.29, 1.82) is 0 Å². The van der Waals surface area contributed by atoms with Crippen molar-refractivity contribution in [1.82, 2.24) is 0 Å². The predicted molar refractivity (Wildman–Crippen MR) is 68.1 cm³/mol. The summed E-state index contributed by atoms with van der Waals surface area (Å²) in [6.45, 7) is 0. The smallest absolute Gasteiger partial charge is 0.150 e. The van der Waals surface area contributed by atoms with E-state index in [2.05, 4.69) is 27.4 Å². The average molecular weight is 297 g/mol. The van der Waals surface area contributed by atoms with E-state index < -0.39 is 0 Å². The van der Waals surface area contributed by atoms with Crippen LogP contribution < -0.4 is 4.74 Å². The minimum absolute atomic E-state index is 0.638. The maximum absolute atomic E-state index is 10.2. The Morgan fingerprint density at radius 1 is 1.50 bits per heavy atom. The van der Waals surface area contributed by atoms with E-state index in [1.165, 1.54) is 11.3 Å². The molecule has 0 saturated carbocycles. The van der Waals surface area contributed by atoms with E-state index in [-0.39, 0.29) is 0 Å². The molecule has 1 aromatic heterocycles. The van der Waals surface area contributed by atoms with Crippen LogP contribution in [0.1, 0.15) is 10.4 Å². The predicted octanol–water partition coefficient (Wildman–Crippen LogP) is 3.62. The van der Waals surface area contributed by atoms with Crippen molar-refractivity contribution in [3.05, 3.63) is 51.1 Å². The maximum Gasteiger partial charge on any atom is 0.150 e. The summed E-state index contributed by atoms with van der Waals surface area (Å²) >= 11 is 4.75. The summed E-state index contributed by atoms with van der Waals surface area (Å²) in [6, 6.07) is 11.6. The second kappa shape index (κ2) is 7.04. The van der Waals surface area contributed by atoms with Crippen LogP contribution in [0.25, 0.3) is 0 Å². The van der Waals surface area contributed by atoms with E-state index in [4.69, 9.17) is 4.74 Å². The minimum atomic E-state index is 0.638. The van der Waals surface area contributed by atoms with E-state index in [1.54, 1.807) is 31.4 Å². The molecule has 82 valence electrons. The van der Waals surface area contributed by atoms with E-state index >= 15 is 0 Å². The summed E-state index contributed by atoms with van der Waals surface area (Å²) in [5.74, 6) is 0.713. The third-order valence-electron chi connectivity index (χ3n) is 1.62. The Kier molecular flexibility index (Phi) is 5.62. The Labute approximate surface area is 107 Å². The molecule has 0 aliphatic heterocycles. The van der Waals surface area contributed by atoms with Crippen LogP contribution in [0, 0.1) is 11.4 Å². The molecule has 0 amide bonds. The second-order valence-corrected chi connectivity index (χ2v) is 4.92. The molecular weight excluding hydrogens is 288 g/mol. The first-order chi connectivity index (χ1) is 7.76. The van der Waals surface area contributed by atoms with Crippen molar-refractivity contribution in [2.45, 2.75) is 0 Å². The number of benzene rings is 1. The van der Waals surface area contributed by atoms with Crippen LogP contribution in [0.4, 0.5) is 0 Å². The van der Waals surface area contributed by atoms with Gasteiger partial charge in [0.2, 0.25) is 0 Å². The van der Waals surface area contributed by atoms with Crippen LogP contribution in [0.15, 0.2) is 34.1 Å². The number of methoxy groups -OCH3 is 1. The van der Waals surface area contributed by atoms with Crippen LogP contribution in [-0.4, -0.2) is 13.4 Å². The highest BCUT2D eigenvalue weighted by Gasteiger charge is 1.90. The number of halogens is 1. The second-order valence-electron chi connectivity index (χ2n) is 2.69. The van der Waals surface area contributed by atoms with Gasteiger partial charge in [0.1, 0.15) is 12.0 Å². The quantitative estimate of drug-likeness (QED) is 0.791. The first kappa shape index (κ1) is 12.8. The molecule has 2 nitrogen and oxygen atoms in total. The molecule has 0 aliphatic carbocycles. The topological polar surface area (TPSA) is 26.3 Å². The normalized spacial score (nSPS) is 8.38. The molecule has 2 aromatic rings. The average Bonchev–Trinajstić information content (AvgIpc) is 2.81. The van der Waals surface area contributed by atoms with E-state index in [9.17, 15) is 4.79 Å². The van der Waals surface area contributed by atoms with Crippen molar-refractivity contribution in [2.75, 3.05) is 7.11 Å². The summed E-state index contributed by atoms with van der Waals surface area (Å²) in [5, 5.41) is 2.80. The number of carbonyl (C=O) groups is 1. The zero-order valence-corrected chi connectivity index (χ0v) is 11.0. The number of ether oxygens (including phenoxy) is 1. The van der Waals surface area contributed by atoms with Crippen LogP contribution in [0.3, 0.4) is 0 Å². The molecule has 0 aliphatic rings. The zero-order chi connectivity index (χ0) is 11.8. The number of rotatable bonds is 2. The molecule has 0 radical (unpaired) electrons. The van der Waals surface area contributed by atoms with Gasteiger partial charge in [-0.3, -0.25) is 4.79 Å². The molecule has 0 bridgehead atoms. The molecule has 0 saturated heterocycles. The fourth-order valence-electron chi connectivity index (χ4n) is 0.909. The Balaban J connectivity index is 0.000000181. The van der Waals surface area contributed by atoms with Crippen molar-refractivity contribution in [3.63, 3.8) is 0 Å². The van der Waals surface area contributed by atoms with Gasteiger partial charge in [0.05, 0.1) is 10.9 Å². The van der Waals surface area contributed by atoms with Crippen molar-refractivity contribution < 1.29 is 9.53 Å². The van der Waals surface area contributed by atoms with Gasteiger partial charge in [-0.15, -0.1) is 0 Å². The molecule has 0 fully saturated rings. The number of hydrogen-bond acceptors (Lipinski definition) is 3. The van der Waals surface area contributed by atoms with Gasteiger partial charge in [0.15, 0.2) is 0 Å². The molecule has 1 heterocycles. The lowest BCUT2D eigenvalue weighted by atomic mass is 10.2. The number of aldehydes is 1. The first-order valence-corrected chi connectivity index (χ1v) is 5.99. The molecule has 0 spiro atoms. The SMILES string of the molecule is Brc1cc#cs1.COc1cccc(C=O)c1. The van der Waals surface area contributed by atoms with Gasteiger partial charge < -0.3 is 4.74 Å². The highest BCUT2D eigenvalue weighted by atomic mass is 79.9. The monoisotopic (exact) mass is 296 g/mol. The largest absolute Gasteiger partial charge is 0.497 e. The van der Waals surface area contributed by atoms with E-state index in [1.807, 2.05) is 6.07 Å². The van der Waals surface area contributed by atoms with Gasteiger partial charge in [-0.2, -0.15) is 0 Å². The molecule has 4 heteroatoms. The van der Waals surface area contributed by atoms with Gasteiger partial charge in [-0.05, 0) is 33.4 Å². The summed E-state index contributed by atoms with van der Waals surface area (Å²) in [7, 11) is 1.57. The van der Waals surface area contributed by atoms with Crippen LogP contribution in [-0.2, 0) is 0 Å². The van der Waals surface area contributed by atoms with E-state index in [0.29, 0.717) is 11.3 Å². The molecule has 0 unspecified atom stereocenters. The lowest BCUT2D eigenvalue weighted by molar-refractivity contribution is 0.112. The van der Waals surface area contributed by atoms with Gasteiger partial charge in [0.25, 0.3) is 0 Å². The summed E-state index contributed by atoms with van der Waals surface area (Å²) in [6.07, 6.45) is 0.794. The van der Waals surface area contributed by atoms with Gasteiger partial charge >= 0.3 is 0 Å². The summed E-state index contributed by atoms with van der Waals surface area (Å²) in [5.41, 5.74) is 0.638. The zero-order valence-electron chi connectivity index (χ0n) is 8.57. The maximum atomic E-state index is 10.2. The van der Waals surface area contributed by atoms with Crippen LogP contribution >= 0.6 is 27.3 Å². The Hall–Kier alpha value is -1.31. The number of carbonyl (C=O) groups excluding carboxylic acids is 1. The third-order valence-corrected chi connectivity index (χ3v) is 2.87. The molecule has 0 atom stereocenters. The minimum Gasteiger partial charge on any atom is -0.497 e. The number of hydrogen-bond donors (Lipinski definition) is 0. The fraction of sp³-hybridized carbons (Fsp3) is 0.0833. The molecule has 2 rings (SSSR count). The lowest BCUT2D eigenvalue weighted by Crippen LogP contribution is -1.84. The molecule has 1 aromatic carbocycles. The van der Waals surface area contributed by atoms with Gasteiger partial charge in [-0.25, -0.2) is 0 Å². The Bertz CT molecular complexity index is 426. The van der Waals surface area contributed by atoms with Crippen molar-refractivity contribution in [3.8, 4) is 5.75 Å². The molecule has 16 heavy (non-hydrogen) atoms. The molecular formula is C12H9BrO2S. The lowest BCUT2D eigenvalue weighted by Gasteiger charge is -1.97. The van der Waals surface area contributed by atoms with Gasteiger partial charge in [0, 0.05) is 11.6 Å². The highest BCUT2D eigenvalue weighted by molar-refractivity contribution is 9.11. The fourth-order valence-corrected chi connectivity index (χ4v) is 1.60. The Morgan fingerprint density at radius 3 is 2.75 bits per heavy atom.